The normalized spacial score (nSPS) is 9.06. The summed E-state index contributed by atoms with van der Waals surface area (Å²) in [6.07, 6.45) is 0. The number of carbonyl (C=O) groups is 1. The monoisotopic (exact) mass is 236 g/mol. The van der Waals surface area contributed by atoms with Gasteiger partial charge in [-0.2, -0.15) is 0 Å². The Kier molecular flexibility index (Phi) is 4.85. The van der Waals surface area contributed by atoms with Gasteiger partial charge in [0.1, 0.15) is 11.5 Å². The first-order valence-electron chi connectivity index (χ1n) is 4.72. The zero-order valence-electron chi connectivity index (χ0n) is 9.52. The van der Waals surface area contributed by atoms with E-state index in [9.17, 15) is 9.90 Å². The Morgan fingerprint density at radius 2 is 2.18 bits per heavy atom. The summed E-state index contributed by atoms with van der Waals surface area (Å²) >= 11 is 0. The Labute approximate surface area is 98.9 Å². The predicted molar refractivity (Wildman–Crippen MR) is 59.5 cm³/mol. The van der Waals surface area contributed by atoms with Crippen molar-refractivity contribution in [2.24, 2.45) is 0 Å². The van der Waals surface area contributed by atoms with Gasteiger partial charge in [0.15, 0.2) is 6.79 Å². The van der Waals surface area contributed by atoms with E-state index >= 15 is 0 Å². The number of phenolic OH excluding ortho intramolecular Hbond substituents is 1. The Hall–Kier alpha value is -2.19. The van der Waals surface area contributed by atoms with E-state index in [2.05, 4.69) is 16.6 Å². The van der Waals surface area contributed by atoms with Crippen molar-refractivity contribution in [2.45, 2.75) is 0 Å². The van der Waals surface area contributed by atoms with Crippen molar-refractivity contribution in [3.8, 4) is 23.3 Å². The predicted octanol–water partition coefficient (Wildman–Crippen LogP) is 0.899. The van der Waals surface area contributed by atoms with Crippen LogP contribution in [0.5, 0.6) is 11.5 Å². The second-order valence-corrected chi connectivity index (χ2v) is 2.97. The van der Waals surface area contributed by atoms with Crippen molar-refractivity contribution in [1.29, 1.82) is 0 Å². The van der Waals surface area contributed by atoms with E-state index in [1.807, 2.05) is 0 Å². The maximum atomic E-state index is 10.9. The third-order valence-corrected chi connectivity index (χ3v) is 1.78. The fourth-order valence-corrected chi connectivity index (χ4v) is 1.03. The van der Waals surface area contributed by atoms with E-state index in [4.69, 9.17) is 9.47 Å². The lowest BCUT2D eigenvalue weighted by molar-refractivity contribution is -0.133. The van der Waals surface area contributed by atoms with Crippen molar-refractivity contribution in [3.63, 3.8) is 0 Å². The summed E-state index contributed by atoms with van der Waals surface area (Å²) in [5.41, 5.74) is 0.463. The van der Waals surface area contributed by atoms with Crippen LogP contribution in [0.15, 0.2) is 18.2 Å². The summed E-state index contributed by atoms with van der Waals surface area (Å²) in [5, 5.41) is 9.30. The van der Waals surface area contributed by atoms with Gasteiger partial charge in [-0.25, -0.2) is 4.79 Å². The molecular formula is C12H12O5. The minimum atomic E-state index is -0.643. The van der Waals surface area contributed by atoms with Gasteiger partial charge < -0.3 is 19.3 Å². The Morgan fingerprint density at radius 3 is 2.82 bits per heavy atom. The van der Waals surface area contributed by atoms with Gasteiger partial charge in [0.25, 0.3) is 0 Å². The third-order valence-electron chi connectivity index (χ3n) is 1.78. The van der Waals surface area contributed by atoms with Gasteiger partial charge in [0, 0.05) is 19.1 Å². The fourth-order valence-electron chi connectivity index (χ4n) is 1.03. The van der Waals surface area contributed by atoms with Crippen LogP contribution in [0.2, 0.25) is 0 Å². The SMILES string of the molecule is COCOc1cc(O)ccc1C#CC(=O)OC. The lowest BCUT2D eigenvalue weighted by atomic mass is 10.2. The number of aromatic hydroxyl groups is 1. The molecule has 0 saturated heterocycles. The Morgan fingerprint density at radius 1 is 1.41 bits per heavy atom. The maximum absolute atomic E-state index is 10.9. The summed E-state index contributed by atoms with van der Waals surface area (Å²) in [4.78, 5) is 10.9. The summed E-state index contributed by atoms with van der Waals surface area (Å²) < 4.78 is 14.3. The standard InChI is InChI=1S/C12H12O5/c1-15-8-17-11-7-10(13)5-3-9(11)4-6-12(14)16-2/h3,5,7,13H,8H2,1-2H3. The lowest BCUT2D eigenvalue weighted by Crippen LogP contribution is -2.01. The van der Waals surface area contributed by atoms with E-state index < -0.39 is 5.97 Å². The van der Waals surface area contributed by atoms with Crippen LogP contribution < -0.4 is 4.74 Å². The molecule has 0 aliphatic rings. The van der Waals surface area contributed by atoms with Gasteiger partial charge in [0.05, 0.1) is 12.7 Å². The first kappa shape index (κ1) is 12.9. The number of hydrogen-bond donors (Lipinski definition) is 1. The van der Waals surface area contributed by atoms with E-state index in [0.717, 1.165) is 0 Å². The molecule has 0 unspecified atom stereocenters. The second kappa shape index (κ2) is 6.40. The van der Waals surface area contributed by atoms with Gasteiger partial charge in [-0.3, -0.25) is 0 Å². The van der Waals surface area contributed by atoms with E-state index in [0.29, 0.717) is 11.3 Å². The quantitative estimate of drug-likeness (QED) is 0.480. The van der Waals surface area contributed by atoms with Gasteiger partial charge >= 0.3 is 5.97 Å². The highest BCUT2D eigenvalue weighted by atomic mass is 16.7. The molecule has 0 aliphatic heterocycles. The van der Waals surface area contributed by atoms with Crippen LogP contribution >= 0.6 is 0 Å². The minimum absolute atomic E-state index is 0.0242. The number of benzene rings is 1. The van der Waals surface area contributed by atoms with Crippen LogP contribution in [0.1, 0.15) is 5.56 Å². The molecule has 0 spiro atoms. The summed E-state index contributed by atoms with van der Waals surface area (Å²) in [5.74, 6) is 4.59. The molecular weight excluding hydrogens is 224 g/mol. The maximum Gasteiger partial charge on any atom is 0.384 e. The van der Waals surface area contributed by atoms with Gasteiger partial charge in [-0.1, -0.05) is 5.92 Å². The van der Waals surface area contributed by atoms with Crippen molar-refractivity contribution < 1.29 is 24.1 Å². The molecule has 0 atom stereocenters. The van der Waals surface area contributed by atoms with Crippen LogP contribution in [-0.2, 0) is 14.3 Å². The highest BCUT2D eigenvalue weighted by Gasteiger charge is 2.03. The van der Waals surface area contributed by atoms with Crippen LogP contribution in [0.4, 0.5) is 0 Å². The topological polar surface area (TPSA) is 65.0 Å². The fraction of sp³-hybridized carbons (Fsp3) is 0.250. The zero-order chi connectivity index (χ0) is 12.7. The van der Waals surface area contributed by atoms with Crippen molar-refractivity contribution in [3.05, 3.63) is 23.8 Å². The van der Waals surface area contributed by atoms with Gasteiger partial charge in [-0.05, 0) is 12.1 Å². The largest absolute Gasteiger partial charge is 0.508 e. The van der Waals surface area contributed by atoms with Crippen LogP contribution in [0.3, 0.4) is 0 Å². The second-order valence-electron chi connectivity index (χ2n) is 2.97. The smallest absolute Gasteiger partial charge is 0.384 e. The number of phenols is 1. The molecule has 0 aliphatic carbocycles. The molecule has 0 amide bonds. The molecule has 0 heterocycles. The van der Waals surface area contributed by atoms with Gasteiger partial charge in [-0.15, -0.1) is 0 Å². The van der Waals surface area contributed by atoms with Crippen LogP contribution in [0.25, 0.3) is 0 Å². The zero-order valence-corrected chi connectivity index (χ0v) is 9.52. The molecule has 0 aromatic heterocycles. The number of ether oxygens (including phenoxy) is 3. The van der Waals surface area contributed by atoms with Crippen LogP contribution in [0, 0.1) is 11.8 Å². The number of hydrogen-bond acceptors (Lipinski definition) is 5. The Balaban J connectivity index is 2.96. The van der Waals surface area contributed by atoms with Crippen molar-refractivity contribution in [1.82, 2.24) is 0 Å². The molecule has 90 valence electrons. The van der Waals surface area contributed by atoms with E-state index in [1.54, 1.807) is 0 Å². The van der Waals surface area contributed by atoms with Crippen LogP contribution in [-0.4, -0.2) is 32.1 Å². The lowest BCUT2D eigenvalue weighted by Gasteiger charge is -2.07. The molecule has 1 rings (SSSR count). The first-order valence-corrected chi connectivity index (χ1v) is 4.72. The molecule has 0 saturated carbocycles. The average molecular weight is 236 g/mol. The van der Waals surface area contributed by atoms with Gasteiger partial charge in [0.2, 0.25) is 0 Å². The third kappa shape index (κ3) is 4.05. The van der Waals surface area contributed by atoms with Crippen molar-refractivity contribution >= 4 is 5.97 Å². The molecule has 0 fully saturated rings. The molecule has 1 aromatic carbocycles. The molecule has 1 N–H and O–H groups in total. The van der Waals surface area contributed by atoms with E-state index in [-0.39, 0.29) is 12.5 Å². The average Bonchev–Trinajstić information content (AvgIpc) is 2.34. The number of methoxy groups -OCH3 is 2. The minimum Gasteiger partial charge on any atom is -0.508 e. The molecule has 0 radical (unpaired) electrons. The molecule has 17 heavy (non-hydrogen) atoms. The summed E-state index contributed by atoms with van der Waals surface area (Å²) in [6.45, 7) is 0.0242. The van der Waals surface area contributed by atoms with Crippen molar-refractivity contribution in [2.75, 3.05) is 21.0 Å². The van der Waals surface area contributed by atoms with E-state index in [1.165, 1.54) is 32.4 Å². The first-order chi connectivity index (χ1) is 8.17. The number of carbonyl (C=O) groups excluding carboxylic acids is 1. The summed E-state index contributed by atoms with van der Waals surface area (Å²) in [7, 11) is 2.72. The molecule has 1 aromatic rings. The molecule has 0 bridgehead atoms. The summed E-state index contributed by atoms with van der Waals surface area (Å²) in [6, 6.07) is 4.37. The number of rotatable bonds is 3. The highest BCUT2D eigenvalue weighted by Crippen LogP contribution is 2.23. The Bertz CT molecular complexity index is 456. The molecule has 5 nitrogen and oxygen atoms in total. The molecule has 5 heteroatoms. The number of esters is 1. The highest BCUT2D eigenvalue weighted by molar-refractivity contribution is 5.89.